The molecular weight excluding hydrogens is 190 g/mol. The van der Waals surface area contributed by atoms with Crippen LogP contribution in [0.5, 0.6) is 0 Å². The topological polar surface area (TPSA) is 42.2 Å². The van der Waals surface area contributed by atoms with E-state index in [-0.39, 0.29) is 11.9 Å². The van der Waals surface area contributed by atoms with Crippen LogP contribution in [0.25, 0.3) is 6.08 Å². The molecule has 82 valence electrons. The summed E-state index contributed by atoms with van der Waals surface area (Å²) < 4.78 is 5.07. The maximum atomic E-state index is 11.4. The average Bonchev–Trinajstić information content (AvgIpc) is 2.66. The van der Waals surface area contributed by atoms with Gasteiger partial charge in [0, 0.05) is 12.1 Å². The Hall–Kier alpha value is -1.51. The van der Waals surface area contributed by atoms with Gasteiger partial charge < -0.3 is 9.73 Å². The lowest BCUT2D eigenvalue weighted by atomic mass is 10.1. The van der Waals surface area contributed by atoms with Crippen LogP contribution in [-0.4, -0.2) is 11.9 Å². The van der Waals surface area contributed by atoms with Gasteiger partial charge in [-0.1, -0.05) is 13.8 Å². The van der Waals surface area contributed by atoms with E-state index in [2.05, 4.69) is 19.2 Å². The second-order valence-corrected chi connectivity index (χ2v) is 3.89. The number of hydrogen-bond donors (Lipinski definition) is 1. The molecule has 1 rings (SSSR count). The second kappa shape index (κ2) is 5.39. The van der Waals surface area contributed by atoms with Crippen molar-refractivity contribution in [3.8, 4) is 0 Å². The first-order valence-electron chi connectivity index (χ1n) is 5.11. The molecule has 0 spiro atoms. The van der Waals surface area contributed by atoms with Crippen LogP contribution in [0.3, 0.4) is 0 Å². The largest absolute Gasteiger partial charge is 0.465 e. The molecule has 1 amide bonds. The molecule has 0 bridgehead atoms. The van der Waals surface area contributed by atoms with Gasteiger partial charge in [-0.3, -0.25) is 4.79 Å². The van der Waals surface area contributed by atoms with Crippen LogP contribution in [0.4, 0.5) is 0 Å². The van der Waals surface area contributed by atoms with E-state index in [9.17, 15) is 4.79 Å². The molecule has 1 unspecified atom stereocenters. The molecule has 0 saturated heterocycles. The minimum Gasteiger partial charge on any atom is -0.465 e. The van der Waals surface area contributed by atoms with Crippen molar-refractivity contribution >= 4 is 12.0 Å². The van der Waals surface area contributed by atoms with Gasteiger partial charge in [0.15, 0.2) is 0 Å². The summed E-state index contributed by atoms with van der Waals surface area (Å²) in [5.74, 6) is 1.03. The first-order valence-corrected chi connectivity index (χ1v) is 5.11. The summed E-state index contributed by atoms with van der Waals surface area (Å²) in [5, 5.41) is 2.87. The third kappa shape index (κ3) is 4.02. The number of nitrogens with one attached hydrogen (secondary N) is 1. The minimum absolute atomic E-state index is 0.0902. The molecule has 1 atom stereocenters. The highest BCUT2D eigenvalue weighted by Crippen LogP contribution is 2.03. The average molecular weight is 207 g/mol. The molecule has 1 N–H and O–H groups in total. The predicted molar refractivity (Wildman–Crippen MR) is 60.2 cm³/mol. The fraction of sp³-hybridized carbons (Fsp3) is 0.417. The highest BCUT2D eigenvalue weighted by Gasteiger charge is 2.08. The molecule has 0 aliphatic heterocycles. The molecule has 0 aliphatic carbocycles. The number of furan rings is 1. The predicted octanol–water partition coefficient (Wildman–Crippen LogP) is 2.45. The standard InChI is InChI=1S/C12H17NO2/c1-9(2)10(3)13-12(14)7-6-11-5-4-8-15-11/h4-10H,1-3H3,(H,13,14)/b7-6+. The number of carbonyl (C=O) groups is 1. The Bertz CT molecular complexity index is 325. The van der Waals surface area contributed by atoms with E-state index >= 15 is 0 Å². The monoisotopic (exact) mass is 207 g/mol. The first-order chi connectivity index (χ1) is 7.09. The minimum atomic E-state index is -0.0902. The Labute approximate surface area is 90.2 Å². The zero-order valence-electron chi connectivity index (χ0n) is 9.36. The third-order valence-electron chi connectivity index (χ3n) is 2.31. The zero-order chi connectivity index (χ0) is 11.3. The van der Waals surface area contributed by atoms with Crippen molar-refractivity contribution in [3.63, 3.8) is 0 Å². The highest BCUT2D eigenvalue weighted by atomic mass is 16.3. The Morgan fingerprint density at radius 1 is 1.47 bits per heavy atom. The lowest BCUT2D eigenvalue weighted by Crippen LogP contribution is -2.34. The van der Waals surface area contributed by atoms with Crippen LogP contribution in [0, 0.1) is 5.92 Å². The summed E-state index contributed by atoms with van der Waals surface area (Å²) >= 11 is 0. The smallest absolute Gasteiger partial charge is 0.244 e. The Balaban J connectivity index is 2.43. The van der Waals surface area contributed by atoms with Crippen molar-refractivity contribution in [1.29, 1.82) is 0 Å². The summed E-state index contributed by atoms with van der Waals surface area (Å²) in [6.07, 6.45) is 4.72. The highest BCUT2D eigenvalue weighted by molar-refractivity contribution is 5.91. The quantitative estimate of drug-likeness (QED) is 0.770. The van der Waals surface area contributed by atoms with Gasteiger partial charge in [0.1, 0.15) is 5.76 Å². The Morgan fingerprint density at radius 3 is 2.73 bits per heavy atom. The summed E-state index contributed by atoms with van der Waals surface area (Å²) in [6.45, 7) is 6.13. The number of rotatable bonds is 4. The van der Waals surface area contributed by atoms with Crippen molar-refractivity contribution in [2.75, 3.05) is 0 Å². The van der Waals surface area contributed by atoms with Gasteiger partial charge in [-0.15, -0.1) is 0 Å². The number of hydrogen-bond acceptors (Lipinski definition) is 2. The fourth-order valence-corrected chi connectivity index (χ4v) is 0.983. The van der Waals surface area contributed by atoms with Gasteiger partial charge in [0.2, 0.25) is 5.91 Å². The molecule has 0 aliphatic rings. The van der Waals surface area contributed by atoms with E-state index in [1.165, 1.54) is 6.08 Å². The molecule has 3 nitrogen and oxygen atoms in total. The van der Waals surface area contributed by atoms with Crippen molar-refractivity contribution < 1.29 is 9.21 Å². The van der Waals surface area contributed by atoms with Crippen LogP contribution in [0.1, 0.15) is 26.5 Å². The molecule has 0 radical (unpaired) electrons. The molecule has 1 aromatic rings. The molecule has 3 heteroatoms. The van der Waals surface area contributed by atoms with Gasteiger partial charge >= 0.3 is 0 Å². The third-order valence-corrected chi connectivity index (χ3v) is 2.31. The molecular formula is C12H17NO2. The van der Waals surface area contributed by atoms with Gasteiger partial charge in [0.05, 0.1) is 6.26 Å². The van der Waals surface area contributed by atoms with Crippen molar-refractivity contribution in [3.05, 3.63) is 30.2 Å². The Kier molecular flexibility index (Phi) is 4.16. The van der Waals surface area contributed by atoms with Crippen molar-refractivity contribution in [2.45, 2.75) is 26.8 Å². The summed E-state index contributed by atoms with van der Waals surface area (Å²) in [7, 11) is 0. The van der Waals surface area contributed by atoms with Crippen molar-refractivity contribution in [1.82, 2.24) is 5.32 Å². The van der Waals surface area contributed by atoms with E-state index in [0.717, 1.165) is 0 Å². The molecule has 1 heterocycles. The molecule has 0 fully saturated rings. The van der Waals surface area contributed by atoms with E-state index in [4.69, 9.17) is 4.42 Å². The van der Waals surface area contributed by atoms with E-state index in [0.29, 0.717) is 11.7 Å². The molecule has 0 saturated carbocycles. The normalized spacial score (nSPS) is 13.3. The Morgan fingerprint density at radius 2 is 2.20 bits per heavy atom. The van der Waals surface area contributed by atoms with Crippen LogP contribution in [0.15, 0.2) is 28.9 Å². The van der Waals surface area contributed by atoms with Gasteiger partial charge in [-0.25, -0.2) is 0 Å². The van der Waals surface area contributed by atoms with Crippen LogP contribution in [0.2, 0.25) is 0 Å². The number of carbonyl (C=O) groups excluding carboxylic acids is 1. The summed E-state index contributed by atoms with van der Waals surface area (Å²) in [5.41, 5.74) is 0. The summed E-state index contributed by atoms with van der Waals surface area (Å²) in [4.78, 5) is 11.4. The lowest BCUT2D eigenvalue weighted by Gasteiger charge is -2.15. The SMILES string of the molecule is CC(C)C(C)NC(=O)/C=C/c1ccco1. The first kappa shape index (κ1) is 11.6. The molecule has 15 heavy (non-hydrogen) atoms. The number of amides is 1. The van der Waals surface area contributed by atoms with Gasteiger partial charge in [-0.2, -0.15) is 0 Å². The summed E-state index contributed by atoms with van der Waals surface area (Å²) in [6, 6.07) is 3.77. The van der Waals surface area contributed by atoms with E-state index < -0.39 is 0 Å². The molecule has 0 aromatic carbocycles. The van der Waals surface area contributed by atoms with Gasteiger partial charge in [0.25, 0.3) is 0 Å². The van der Waals surface area contributed by atoms with E-state index in [1.54, 1.807) is 24.5 Å². The van der Waals surface area contributed by atoms with Crippen molar-refractivity contribution in [2.24, 2.45) is 5.92 Å². The van der Waals surface area contributed by atoms with Crippen LogP contribution in [-0.2, 0) is 4.79 Å². The van der Waals surface area contributed by atoms with Crippen LogP contribution >= 0.6 is 0 Å². The van der Waals surface area contributed by atoms with E-state index in [1.807, 2.05) is 6.92 Å². The fourth-order valence-electron chi connectivity index (χ4n) is 0.983. The van der Waals surface area contributed by atoms with Gasteiger partial charge in [-0.05, 0) is 31.1 Å². The zero-order valence-corrected chi connectivity index (χ0v) is 9.36. The molecule has 1 aromatic heterocycles. The van der Waals surface area contributed by atoms with Crippen LogP contribution < -0.4 is 5.32 Å². The maximum Gasteiger partial charge on any atom is 0.244 e. The maximum absolute atomic E-state index is 11.4. The second-order valence-electron chi connectivity index (χ2n) is 3.89. The lowest BCUT2D eigenvalue weighted by molar-refractivity contribution is -0.117.